The highest BCUT2D eigenvalue weighted by molar-refractivity contribution is 5.82. The summed E-state index contributed by atoms with van der Waals surface area (Å²) in [6.45, 7) is 3.33. The third kappa shape index (κ3) is 2.28. The molecule has 3 heteroatoms. The van der Waals surface area contributed by atoms with Gasteiger partial charge < -0.3 is 10.3 Å². The number of benzene rings is 1. The van der Waals surface area contributed by atoms with Gasteiger partial charge in [0.15, 0.2) is 0 Å². The number of likely N-dealkylation sites (N-methyl/N-ethyl adjacent to an activating group) is 1. The highest BCUT2D eigenvalue weighted by atomic mass is 15.2. The summed E-state index contributed by atoms with van der Waals surface area (Å²) in [4.78, 5) is 5.83. The minimum atomic E-state index is 0.674. The molecule has 1 aromatic heterocycles. The number of H-pyrrole nitrogens is 1. The summed E-state index contributed by atoms with van der Waals surface area (Å²) < 4.78 is 0. The first-order valence-electron chi connectivity index (χ1n) is 6.80. The first-order chi connectivity index (χ1) is 8.84. The predicted octanol–water partition coefficient (Wildman–Crippen LogP) is 2.35. The molecule has 0 radical (unpaired) electrons. The van der Waals surface area contributed by atoms with Gasteiger partial charge in [-0.05, 0) is 38.1 Å². The molecule has 18 heavy (non-hydrogen) atoms. The van der Waals surface area contributed by atoms with Crippen LogP contribution >= 0.6 is 0 Å². The van der Waals surface area contributed by atoms with Gasteiger partial charge in [0.2, 0.25) is 0 Å². The van der Waals surface area contributed by atoms with Crippen LogP contribution in [0.4, 0.5) is 0 Å². The van der Waals surface area contributed by atoms with Crippen molar-refractivity contribution in [3.63, 3.8) is 0 Å². The van der Waals surface area contributed by atoms with Gasteiger partial charge in [0.25, 0.3) is 0 Å². The molecule has 1 aliphatic rings. The van der Waals surface area contributed by atoms with Gasteiger partial charge in [0.1, 0.15) is 0 Å². The number of aromatic nitrogens is 1. The lowest BCUT2D eigenvalue weighted by Gasteiger charge is -2.31. The van der Waals surface area contributed by atoms with Crippen molar-refractivity contribution in [1.82, 2.24) is 15.2 Å². The first kappa shape index (κ1) is 11.8. The lowest BCUT2D eigenvalue weighted by molar-refractivity contribution is 0.196. The third-order valence-corrected chi connectivity index (χ3v) is 3.99. The molecule has 3 rings (SSSR count). The maximum Gasteiger partial charge on any atom is 0.0457 e. The van der Waals surface area contributed by atoms with Crippen LogP contribution in [0.5, 0.6) is 0 Å². The van der Waals surface area contributed by atoms with Gasteiger partial charge in [-0.2, -0.15) is 0 Å². The fourth-order valence-electron chi connectivity index (χ4n) is 2.87. The van der Waals surface area contributed by atoms with Crippen LogP contribution in [0.2, 0.25) is 0 Å². The van der Waals surface area contributed by atoms with E-state index in [1.54, 1.807) is 0 Å². The van der Waals surface area contributed by atoms with Gasteiger partial charge in [-0.1, -0.05) is 18.2 Å². The van der Waals surface area contributed by atoms with E-state index >= 15 is 0 Å². The van der Waals surface area contributed by atoms with Crippen LogP contribution in [-0.4, -0.2) is 36.1 Å². The van der Waals surface area contributed by atoms with Crippen molar-refractivity contribution in [3.05, 3.63) is 36.0 Å². The van der Waals surface area contributed by atoms with Crippen molar-refractivity contribution in [2.45, 2.75) is 25.4 Å². The smallest absolute Gasteiger partial charge is 0.0457 e. The third-order valence-electron chi connectivity index (χ3n) is 3.99. The topological polar surface area (TPSA) is 31.1 Å². The summed E-state index contributed by atoms with van der Waals surface area (Å²) >= 11 is 0. The molecule has 0 amide bonds. The van der Waals surface area contributed by atoms with Gasteiger partial charge >= 0.3 is 0 Å². The second kappa shape index (κ2) is 5.12. The zero-order valence-electron chi connectivity index (χ0n) is 10.9. The van der Waals surface area contributed by atoms with Crippen molar-refractivity contribution in [1.29, 1.82) is 0 Å². The number of aromatic amines is 1. The molecule has 1 atom stereocenters. The van der Waals surface area contributed by atoms with E-state index in [2.05, 4.69) is 52.7 Å². The summed E-state index contributed by atoms with van der Waals surface area (Å²) in [6.07, 6.45) is 4.76. The zero-order valence-corrected chi connectivity index (χ0v) is 10.9. The second-order valence-corrected chi connectivity index (χ2v) is 5.27. The van der Waals surface area contributed by atoms with Crippen LogP contribution in [0.1, 0.15) is 18.4 Å². The number of nitrogens with zero attached hydrogens (tertiary/aromatic N) is 1. The number of fused-ring (bicyclic) bond motifs is 1. The Morgan fingerprint density at radius 1 is 1.33 bits per heavy atom. The summed E-state index contributed by atoms with van der Waals surface area (Å²) in [5.74, 6) is 0. The number of nitrogens with one attached hydrogen (secondary N) is 2. The van der Waals surface area contributed by atoms with Gasteiger partial charge in [0.05, 0.1) is 0 Å². The molecule has 2 N–H and O–H groups in total. The summed E-state index contributed by atoms with van der Waals surface area (Å²) in [5, 5.41) is 4.84. The van der Waals surface area contributed by atoms with Crippen molar-refractivity contribution in [2.24, 2.45) is 0 Å². The van der Waals surface area contributed by atoms with Crippen molar-refractivity contribution >= 4 is 10.9 Å². The maximum atomic E-state index is 3.48. The largest absolute Gasteiger partial charge is 0.361 e. The molecule has 1 saturated heterocycles. The molecule has 1 aliphatic heterocycles. The molecule has 1 aromatic carbocycles. The Kier molecular flexibility index (Phi) is 3.35. The fraction of sp³-hybridized carbons (Fsp3) is 0.467. The van der Waals surface area contributed by atoms with E-state index in [1.165, 1.54) is 35.9 Å². The normalized spacial score (nSPS) is 20.7. The molecule has 1 unspecified atom stereocenters. The standard InChI is InChI=1S/C15H21N3/c1-18(13-5-4-8-16-10-13)11-12-9-17-15-7-3-2-6-14(12)15/h2-3,6-7,9,13,16-17H,4-5,8,10-11H2,1H3. The number of rotatable bonds is 3. The monoisotopic (exact) mass is 243 g/mol. The molecule has 2 heterocycles. The maximum absolute atomic E-state index is 3.48. The Morgan fingerprint density at radius 2 is 2.22 bits per heavy atom. The average Bonchev–Trinajstić information content (AvgIpc) is 2.83. The molecule has 1 fully saturated rings. The Morgan fingerprint density at radius 3 is 3.06 bits per heavy atom. The summed E-state index contributed by atoms with van der Waals surface area (Å²) in [7, 11) is 2.24. The highest BCUT2D eigenvalue weighted by Gasteiger charge is 2.18. The van der Waals surface area contributed by atoms with Gasteiger partial charge in [-0.25, -0.2) is 0 Å². The van der Waals surface area contributed by atoms with Crippen LogP contribution in [-0.2, 0) is 6.54 Å². The lowest BCUT2D eigenvalue weighted by Crippen LogP contribution is -2.43. The lowest BCUT2D eigenvalue weighted by atomic mass is 10.1. The van der Waals surface area contributed by atoms with Crippen molar-refractivity contribution in [3.8, 4) is 0 Å². The quantitative estimate of drug-likeness (QED) is 0.867. The molecule has 0 aliphatic carbocycles. The Hall–Kier alpha value is -1.32. The Bertz CT molecular complexity index is 511. The first-order valence-corrected chi connectivity index (χ1v) is 6.80. The van der Waals surface area contributed by atoms with Gasteiger partial charge in [0, 0.05) is 36.2 Å². The van der Waals surface area contributed by atoms with Crippen molar-refractivity contribution < 1.29 is 0 Å². The Balaban J connectivity index is 1.75. The molecule has 3 nitrogen and oxygen atoms in total. The van der Waals surface area contributed by atoms with E-state index in [9.17, 15) is 0 Å². The van der Waals surface area contributed by atoms with E-state index in [1.807, 2.05) is 0 Å². The van der Waals surface area contributed by atoms with E-state index in [0.717, 1.165) is 13.1 Å². The molecule has 2 aromatic rings. The minimum Gasteiger partial charge on any atom is -0.361 e. The molecule has 96 valence electrons. The molecular weight excluding hydrogens is 222 g/mol. The van der Waals surface area contributed by atoms with Crippen molar-refractivity contribution in [2.75, 3.05) is 20.1 Å². The van der Waals surface area contributed by atoms with Crippen LogP contribution < -0.4 is 5.32 Å². The second-order valence-electron chi connectivity index (χ2n) is 5.27. The number of piperidine rings is 1. The van der Waals surface area contributed by atoms with E-state index in [0.29, 0.717) is 6.04 Å². The van der Waals surface area contributed by atoms with E-state index in [4.69, 9.17) is 0 Å². The number of para-hydroxylation sites is 1. The molecular formula is C15H21N3. The van der Waals surface area contributed by atoms with Crippen LogP contribution in [0.3, 0.4) is 0 Å². The average molecular weight is 243 g/mol. The summed E-state index contributed by atoms with van der Waals surface area (Å²) in [5.41, 5.74) is 2.64. The van der Waals surface area contributed by atoms with Gasteiger partial charge in [-0.3, -0.25) is 4.90 Å². The Labute approximate surface area is 108 Å². The summed E-state index contributed by atoms with van der Waals surface area (Å²) in [6, 6.07) is 9.21. The van der Waals surface area contributed by atoms with Crippen LogP contribution in [0.15, 0.2) is 30.5 Å². The van der Waals surface area contributed by atoms with Crippen LogP contribution in [0, 0.1) is 0 Å². The number of hydrogen-bond donors (Lipinski definition) is 2. The van der Waals surface area contributed by atoms with Gasteiger partial charge in [-0.15, -0.1) is 0 Å². The SMILES string of the molecule is CN(Cc1c[nH]c2ccccc12)C1CCCNC1. The van der Waals surface area contributed by atoms with Crippen LogP contribution in [0.25, 0.3) is 10.9 Å². The van der Waals surface area contributed by atoms with E-state index < -0.39 is 0 Å². The molecule has 0 bridgehead atoms. The molecule has 0 spiro atoms. The minimum absolute atomic E-state index is 0.674. The zero-order chi connectivity index (χ0) is 12.4. The highest BCUT2D eigenvalue weighted by Crippen LogP contribution is 2.20. The predicted molar refractivity (Wildman–Crippen MR) is 75.7 cm³/mol. The molecule has 0 saturated carbocycles. The fourth-order valence-corrected chi connectivity index (χ4v) is 2.87. The van der Waals surface area contributed by atoms with E-state index in [-0.39, 0.29) is 0 Å². The number of hydrogen-bond acceptors (Lipinski definition) is 2.